The molecule has 0 bridgehead atoms. The molecule has 0 aliphatic rings. The summed E-state index contributed by atoms with van der Waals surface area (Å²) < 4.78 is 82.2. The van der Waals surface area contributed by atoms with E-state index in [1.54, 1.807) is 0 Å². The number of anilines is 1. The average molecular weight is 392 g/mol. The van der Waals surface area contributed by atoms with Crippen LogP contribution < -0.4 is 4.31 Å². The summed E-state index contributed by atoms with van der Waals surface area (Å²) in [6.45, 7) is -0.897. The Morgan fingerprint density at radius 1 is 1.19 bits per heavy atom. The van der Waals surface area contributed by atoms with Crippen molar-refractivity contribution < 1.29 is 35.5 Å². The van der Waals surface area contributed by atoms with Gasteiger partial charge in [0, 0.05) is 0 Å². The first-order valence-corrected chi connectivity index (χ1v) is 8.39. The zero-order valence-electron chi connectivity index (χ0n) is 13.2. The lowest BCUT2D eigenvalue weighted by Gasteiger charge is -2.22. The fourth-order valence-corrected chi connectivity index (χ4v) is 3.37. The molecule has 6 nitrogen and oxygen atoms in total. The van der Waals surface area contributed by atoms with Gasteiger partial charge in [-0.3, -0.25) is 4.79 Å². The molecule has 0 saturated carbocycles. The molecule has 2 aromatic rings. The Kier molecular flexibility index (Phi) is 5.50. The lowest BCUT2D eigenvalue weighted by molar-refractivity contribution is -0.139. The SMILES string of the molecule is COC(=O)CN(c1cccc(F)n1)S(=O)(=O)c1cccc(C(F)(F)F)c1. The Hall–Kier alpha value is -2.69. The van der Waals surface area contributed by atoms with E-state index in [0.29, 0.717) is 16.4 Å². The first-order chi connectivity index (χ1) is 12.1. The summed E-state index contributed by atoms with van der Waals surface area (Å²) in [5.74, 6) is -2.52. The molecule has 0 fully saturated rings. The Bertz CT molecular complexity index is 916. The Labute approximate surface area is 146 Å². The summed E-state index contributed by atoms with van der Waals surface area (Å²) in [6, 6.07) is 6.12. The molecule has 140 valence electrons. The van der Waals surface area contributed by atoms with E-state index in [2.05, 4.69) is 9.72 Å². The molecular formula is C15H12F4N2O4S. The molecule has 2 rings (SSSR count). The fraction of sp³-hybridized carbons (Fsp3) is 0.200. The van der Waals surface area contributed by atoms with Crippen molar-refractivity contribution in [2.45, 2.75) is 11.1 Å². The fourth-order valence-electron chi connectivity index (χ4n) is 1.97. The van der Waals surface area contributed by atoms with Crippen LogP contribution in [0.15, 0.2) is 47.4 Å². The van der Waals surface area contributed by atoms with E-state index < -0.39 is 50.9 Å². The molecule has 1 heterocycles. The minimum atomic E-state index is -4.77. The van der Waals surface area contributed by atoms with Crippen molar-refractivity contribution in [1.82, 2.24) is 4.98 Å². The number of carbonyl (C=O) groups excluding carboxylic acids is 1. The number of benzene rings is 1. The summed E-state index contributed by atoms with van der Waals surface area (Å²) in [5, 5.41) is 0. The van der Waals surface area contributed by atoms with Crippen LogP contribution in [0.4, 0.5) is 23.4 Å². The predicted molar refractivity (Wildman–Crippen MR) is 82.2 cm³/mol. The average Bonchev–Trinajstić information content (AvgIpc) is 2.58. The Morgan fingerprint density at radius 2 is 1.85 bits per heavy atom. The van der Waals surface area contributed by atoms with Gasteiger partial charge in [-0.2, -0.15) is 17.6 Å². The smallest absolute Gasteiger partial charge is 0.416 e. The molecule has 0 amide bonds. The van der Waals surface area contributed by atoms with Crippen molar-refractivity contribution in [2.24, 2.45) is 0 Å². The largest absolute Gasteiger partial charge is 0.468 e. The minimum absolute atomic E-state index is 0.372. The zero-order valence-corrected chi connectivity index (χ0v) is 14.0. The number of aromatic nitrogens is 1. The van der Waals surface area contributed by atoms with Gasteiger partial charge in [-0.1, -0.05) is 12.1 Å². The van der Waals surface area contributed by atoms with E-state index in [-0.39, 0.29) is 0 Å². The van der Waals surface area contributed by atoms with Crippen LogP contribution in [-0.4, -0.2) is 33.0 Å². The van der Waals surface area contributed by atoms with Crippen LogP contribution in [0.25, 0.3) is 0 Å². The quantitative estimate of drug-likeness (QED) is 0.444. The number of nitrogens with zero attached hydrogens (tertiary/aromatic N) is 2. The van der Waals surface area contributed by atoms with Crippen LogP contribution in [0.1, 0.15) is 5.56 Å². The normalized spacial score (nSPS) is 11.9. The van der Waals surface area contributed by atoms with E-state index in [9.17, 15) is 30.8 Å². The van der Waals surface area contributed by atoms with Gasteiger partial charge in [0.15, 0.2) is 0 Å². The number of sulfonamides is 1. The standard InChI is InChI=1S/C15H12F4N2O4S/c1-25-14(22)9-21(13-7-3-6-12(16)20-13)26(23,24)11-5-2-4-10(8-11)15(17,18)19/h2-8H,9H2,1H3. The second-order valence-corrected chi connectivity index (χ2v) is 6.79. The van der Waals surface area contributed by atoms with Gasteiger partial charge >= 0.3 is 12.1 Å². The topological polar surface area (TPSA) is 76.6 Å². The molecule has 0 aliphatic carbocycles. The molecule has 0 atom stereocenters. The minimum Gasteiger partial charge on any atom is -0.468 e. The number of ether oxygens (including phenoxy) is 1. The van der Waals surface area contributed by atoms with Crippen molar-refractivity contribution in [2.75, 3.05) is 18.0 Å². The van der Waals surface area contributed by atoms with Gasteiger partial charge in [-0.25, -0.2) is 17.7 Å². The molecule has 0 spiro atoms. The summed E-state index contributed by atoms with van der Waals surface area (Å²) in [4.78, 5) is 14.2. The third-order valence-corrected chi connectivity index (χ3v) is 4.95. The van der Waals surface area contributed by atoms with Crippen LogP contribution in [0, 0.1) is 5.95 Å². The molecule has 0 aliphatic heterocycles. The number of esters is 1. The molecule has 11 heteroatoms. The van der Waals surface area contributed by atoms with Gasteiger partial charge in [0.1, 0.15) is 12.4 Å². The van der Waals surface area contributed by atoms with Crippen molar-refractivity contribution in [3.05, 3.63) is 54.0 Å². The lowest BCUT2D eigenvalue weighted by Crippen LogP contribution is -2.37. The summed E-state index contributed by atoms with van der Waals surface area (Å²) in [7, 11) is -3.66. The van der Waals surface area contributed by atoms with Crippen molar-refractivity contribution in [1.29, 1.82) is 0 Å². The molecule has 0 saturated heterocycles. The Balaban J connectivity index is 2.57. The van der Waals surface area contributed by atoms with Crippen molar-refractivity contribution >= 4 is 21.8 Å². The second kappa shape index (κ2) is 7.28. The number of methoxy groups -OCH3 is 1. The highest BCUT2D eigenvalue weighted by atomic mass is 32.2. The van der Waals surface area contributed by atoms with E-state index in [4.69, 9.17) is 0 Å². The van der Waals surface area contributed by atoms with Crippen LogP contribution >= 0.6 is 0 Å². The third-order valence-electron chi connectivity index (χ3n) is 3.21. The van der Waals surface area contributed by atoms with Crippen LogP contribution in [-0.2, 0) is 25.7 Å². The molecule has 0 unspecified atom stereocenters. The second-order valence-electron chi connectivity index (χ2n) is 4.93. The monoisotopic (exact) mass is 392 g/mol. The van der Waals surface area contributed by atoms with Gasteiger partial charge in [0.05, 0.1) is 17.6 Å². The molecular weight excluding hydrogens is 380 g/mol. The van der Waals surface area contributed by atoms with Crippen molar-refractivity contribution in [3.8, 4) is 0 Å². The third kappa shape index (κ3) is 4.28. The Morgan fingerprint density at radius 3 is 2.42 bits per heavy atom. The summed E-state index contributed by atoms with van der Waals surface area (Å²) in [6.07, 6.45) is -4.77. The number of hydrogen-bond donors (Lipinski definition) is 0. The molecule has 0 radical (unpaired) electrons. The van der Waals surface area contributed by atoms with Crippen LogP contribution in [0.2, 0.25) is 0 Å². The predicted octanol–water partition coefficient (Wildman–Crippen LogP) is 2.61. The van der Waals surface area contributed by atoms with Crippen LogP contribution in [0.3, 0.4) is 0 Å². The van der Waals surface area contributed by atoms with E-state index in [1.807, 2.05) is 0 Å². The highest BCUT2D eigenvalue weighted by Crippen LogP contribution is 2.31. The number of carbonyl (C=O) groups is 1. The first kappa shape index (κ1) is 19.6. The lowest BCUT2D eigenvalue weighted by atomic mass is 10.2. The summed E-state index contributed by atoms with van der Waals surface area (Å²) in [5.41, 5.74) is -1.19. The zero-order chi connectivity index (χ0) is 19.5. The van der Waals surface area contributed by atoms with Crippen molar-refractivity contribution in [3.63, 3.8) is 0 Å². The molecule has 0 N–H and O–H groups in total. The van der Waals surface area contributed by atoms with Gasteiger partial charge in [0.25, 0.3) is 10.0 Å². The van der Waals surface area contributed by atoms with Gasteiger partial charge in [-0.15, -0.1) is 0 Å². The maximum absolute atomic E-state index is 13.4. The highest BCUT2D eigenvalue weighted by molar-refractivity contribution is 7.92. The number of halogens is 4. The summed E-state index contributed by atoms with van der Waals surface area (Å²) >= 11 is 0. The highest BCUT2D eigenvalue weighted by Gasteiger charge is 2.34. The molecule has 1 aromatic carbocycles. The maximum Gasteiger partial charge on any atom is 0.416 e. The number of rotatable bonds is 5. The van der Waals surface area contributed by atoms with E-state index >= 15 is 0 Å². The van der Waals surface area contributed by atoms with Gasteiger partial charge in [-0.05, 0) is 30.3 Å². The van der Waals surface area contributed by atoms with Crippen LogP contribution in [0.5, 0.6) is 0 Å². The number of pyridine rings is 1. The molecule has 1 aromatic heterocycles. The number of hydrogen-bond acceptors (Lipinski definition) is 5. The number of alkyl halides is 3. The van der Waals surface area contributed by atoms with E-state index in [1.165, 1.54) is 0 Å². The maximum atomic E-state index is 13.4. The van der Waals surface area contributed by atoms with Gasteiger partial charge < -0.3 is 4.74 Å². The van der Waals surface area contributed by atoms with Gasteiger partial charge in [0.2, 0.25) is 5.95 Å². The van der Waals surface area contributed by atoms with E-state index in [0.717, 1.165) is 37.4 Å². The molecule has 26 heavy (non-hydrogen) atoms. The first-order valence-electron chi connectivity index (χ1n) is 6.95.